The molecule has 1 aliphatic carbocycles. The van der Waals surface area contributed by atoms with Crippen LogP contribution in [0.5, 0.6) is 0 Å². The van der Waals surface area contributed by atoms with Crippen LogP contribution in [-0.2, 0) is 4.79 Å². The van der Waals surface area contributed by atoms with Crippen LogP contribution in [0.3, 0.4) is 0 Å². The van der Waals surface area contributed by atoms with E-state index >= 15 is 0 Å². The number of aromatic nitrogens is 1. The average Bonchev–Trinajstić information content (AvgIpc) is 3.34. The normalized spacial score (nSPS) is 13.6. The van der Waals surface area contributed by atoms with Crippen molar-refractivity contribution in [1.29, 1.82) is 0 Å². The quantitative estimate of drug-likeness (QED) is 0.627. The standard InChI is InChI=1S/C15H22N4O2/c1-2-8-16-13-5-3-4-12(19-13)15(21)18-10-9-17-14(20)11-6-7-11/h3-5,11H,2,6-10H2,1H3,(H,16,19)(H,17,20)(H,18,21). The van der Waals surface area contributed by atoms with Gasteiger partial charge in [0.25, 0.3) is 5.91 Å². The summed E-state index contributed by atoms with van der Waals surface area (Å²) in [4.78, 5) is 27.6. The Hall–Kier alpha value is -2.11. The Morgan fingerprint density at radius 1 is 1.19 bits per heavy atom. The molecule has 1 aliphatic rings. The lowest BCUT2D eigenvalue weighted by atomic mass is 10.3. The van der Waals surface area contributed by atoms with Crippen LogP contribution >= 0.6 is 0 Å². The van der Waals surface area contributed by atoms with E-state index in [9.17, 15) is 9.59 Å². The minimum atomic E-state index is -0.226. The predicted molar refractivity (Wildman–Crippen MR) is 81.1 cm³/mol. The van der Waals surface area contributed by atoms with Gasteiger partial charge in [0.05, 0.1) is 0 Å². The van der Waals surface area contributed by atoms with Crippen molar-refractivity contribution in [2.24, 2.45) is 5.92 Å². The van der Waals surface area contributed by atoms with E-state index < -0.39 is 0 Å². The fourth-order valence-electron chi connectivity index (χ4n) is 1.85. The van der Waals surface area contributed by atoms with E-state index in [1.807, 2.05) is 6.07 Å². The van der Waals surface area contributed by atoms with Crippen LogP contribution in [0.15, 0.2) is 18.2 Å². The maximum absolute atomic E-state index is 11.9. The smallest absolute Gasteiger partial charge is 0.270 e. The molecule has 6 nitrogen and oxygen atoms in total. The Balaban J connectivity index is 1.72. The lowest BCUT2D eigenvalue weighted by Crippen LogP contribution is -2.35. The monoisotopic (exact) mass is 290 g/mol. The highest BCUT2D eigenvalue weighted by molar-refractivity contribution is 5.92. The highest BCUT2D eigenvalue weighted by atomic mass is 16.2. The number of hydrogen-bond acceptors (Lipinski definition) is 4. The third-order valence-electron chi connectivity index (χ3n) is 3.20. The molecule has 0 saturated heterocycles. The molecule has 1 fully saturated rings. The van der Waals surface area contributed by atoms with Crippen LogP contribution in [-0.4, -0.2) is 36.4 Å². The van der Waals surface area contributed by atoms with E-state index in [0.717, 1.165) is 25.8 Å². The summed E-state index contributed by atoms with van der Waals surface area (Å²) in [5, 5.41) is 8.70. The van der Waals surface area contributed by atoms with E-state index in [-0.39, 0.29) is 17.7 Å². The van der Waals surface area contributed by atoms with Crippen molar-refractivity contribution in [1.82, 2.24) is 15.6 Å². The largest absolute Gasteiger partial charge is 0.370 e. The molecular formula is C15H22N4O2. The average molecular weight is 290 g/mol. The molecule has 0 aliphatic heterocycles. The van der Waals surface area contributed by atoms with Gasteiger partial charge in [0.15, 0.2) is 0 Å². The van der Waals surface area contributed by atoms with Crippen LogP contribution in [0.1, 0.15) is 36.7 Å². The second kappa shape index (κ2) is 7.61. The molecule has 0 unspecified atom stereocenters. The molecule has 0 spiro atoms. The van der Waals surface area contributed by atoms with Gasteiger partial charge in [-0.1, -0.05) is 13.0 Å². The van der Waals surface area contributed by atoms with Crippen molar-refractivity contribution in [3.63, 3.8) is 0 Å². The molecule has 114 valence electrons. The van der Waals surface area contributed by atoms with Crippen LogP contribution in [0.4, 0.5) is 5.82 Å². The highest BCUT2D eigenvalue weighted by Gasteiger charge is 2.28. The van der Waals surface area contributed by atoms with Gasteiger partial charge in [0.1, 0.15) is 11.5 Å². The summed E-state index contributed by atoms with van der Waals surface area (Å²) in [5.74, 6) is 0.763. The van der Waals surface area contributed by atoms with Crippen molar-refractivity contribution in [2.75, 3.05) is 25.0 Å². The molecule has 1 heterocycles. The summed E-state index contributed by atoms with van der Waals surface area (Å²) >= 11 is 0. The van der Waals surface area contributed by atoms with E-state index in [2.05, 4.69) is 27.9 Å². The van der Waals surface area contributed by atoms with Crippen molar-refractivity contribution < 1.29 is 9.59 Å². The van der Waals surface area contributed by atoms with E-state index in [0.29, 0.717) is 24.6 Å². The first-order valence-corrected chi connectivity index (χ1v) is 7.47. The van der Waals surface area contributed by atoms with Crippen molar-refractivity contribution >= 4 is 17.6 Å². The first-order chi connectivity index (χ1) is 10.2. The zero-order chi connectivity index (χ0) is 15.1. The molecule has 1 aromatic heterocycles. The number of nitrogens with zero attached hydrogens (tertiary/aromatic N) is 1. The summed E-state index contributed by atoms with van der Waals surface area (Å²) < 4.78 is 0. The molecule has 0 radical (unpaired) electrons. The molecule has 1 aromatic rings. The number of pyridine rings is 1. The van der Waals surface area contributed by atoms with E-state index in [4.69, 9.17) is 0 Å². The molecule has 6 heteroatoms. The second-order valence-electron chi connectivity index (χ2n) is 5.16. The molecule has 0 atom stereocenters. The summed E-state index contributed by atoms with van der Waals surface area (Å²) in [6, 6.07) is 5.31. The molecular weight excluding hydrogens is 268 g/mol. The predicted octanol–water partition coefficient (Wildman–Crippen LogP) is 1.16. The van der Waals surface area contributed by atoms with Gasteiger partial charge in [0.2, 0.25) is 5.91 Å². The van der Waals surface area contributed by atoms with Gasteiger partial charge in [-0.2, -0.15) is 0 Å². The Labute approximate surface area is 124 Å². The van der Waals surface area contributed by atoms with Crippen LogP contribution in [0.25, 0.3) is 0 Å². The Bertz CT molecular complexity index is 500. The van der Waals surface area contributed by atoms with Gasteiger partial charge in [-0.15, -0.1) is 0 Å². The Morgan fingerprint density at radius 2 is 1.95 bits per heavy atom. The van der Waals surface area contributed by atoms with Crippen LogP contribution in [0.2, 0.25) is 0 Å². The minimum Gasteiger partial charge on any atom is -0.370 e. The first-order valence-electron chi connectivity index (χ1n) is 7.47. The SMILES string of the molecule is CCCNc1cccc(C(=O)NCCNC(=O)C2CC2)n1. The molecule has 3 N–H and O–H groups in total. The van der Waals surface area contributed by atoms with Crippen molar-refractivity contribution in [3.05, 3.63) is 23.9 Å². The number of anilines is 1. The molecule has 0 bridgehead atoms. The number of carbonyl (C=O) groups excluding carboxylic acids is 2. The van der Waals surface area contributed by atoms with Crippen LogP contribution < -0.4 is 16.0 Å². The van der Waals surface area contributed by atoms with Gasteiger partial charge in [-0.25, -0.2) is 4.98 Å². The molecule has 1 saturated carbocycles. The number of rotatable bonds is 8. The maximum atomic E-state index is 11.9. The minimum absolute atomic E-state index is 0.0909. The van der Waals surface area contributed by atoms with E-state index in [1.165, 1.54) is 0 Å². The molecule has 2 rings (SSSR count). The highest BCUT2D eigenvalue weighted by Crippen LogP contribution is 2.28. The first kappa shape index (κ1) is 15.3. The molecule has 21 heavy (non-hydrogen) atoms. The summed E-state index contributed by atoms with van der Waals surface area (Å²) in [5.41, 5.74) is 0.379. The number of nitrogens with one attached hydrogen (secondary N) is 3. The van der Waals surface area contributed by atoms with E-state index in [1.54, 1.807) is 12.1 Å². The van der Waals surface area contributed by atoms with Gasteiger partial charge < -0.3 is 16.0 Å². The summed E-state index contributed by atoms with van der Waals surface area (Å²) in [6.45, 7) is 3.76. The maximum Gasteiger partial charge on any atom is 0.270 e. The molecule has 2 amide bonds. The number of carbonyl (C=O) groups is 2. The van der Waals surface area contributed by atoms with Crippen LogP contribution in [0, 0.1) is 5.92 Å². The topological polar surface area (TPSA) is 83.1 Å². The molecule has 0 aromatic carbocycles. The number of hydrogen-bond donors (Lipinski definition) is 3. The van der Waals surface area contributed by atoms with Gasteiger partial charge in [-0.05, 0) is 31.4 Å². The fourth-order valence-corrected chi connectivity index (χ4v) is 1.85. The number of amides is 2. The third-order valence-corrected chi connectivity index (χ3v) is 3.20. The Morgan fingerprint density at radius 3 is 2.67 bits per heavy atom. The second-order valence-corrected chi connectivity index (χ2v) is 5.16. The lowest BCUT2D eigenvalue weighted by molar-refractivity contribution is -0.122. The fraction of sp³-hybridized carbons (Fsp3) is 0.533. The summed E-state index contributed by atoms with van der Waals surface area (Å²) in [7, 11) is 0. The third kappa shape index (κ3) is 5.06. The lowest BCUT2D eigenvalue weighted by Gasteiger charge is -2.08. The zero-order valence-corrected chi connectivity index (χ0v) is 12.3. The Kier molecular flexibility index (Phi) is 5.54. The van der Waals surface area contributed by atoms with Gasteiger partial charge in [0, 0.05) is 25.6 Å². The van der Waals surface area contributed by atoms with Gasteiger partial charge in [-0.3, -0.25) is 9.59 Å². The van der Waals surface area contributed by atoms with Gasteiger partial charge >= 0.3 is 0 Å². The van der Waals surface area contributed by atoms with Crippen molar-refractivity contribution in [3.8, 4) is 0 Å². The summed E-state index contributed by atoms with van der Waals surface area (Å²) in [6.07, 6.45) is 2.97. The zero-order valence-electron chi connectivity index (χ0n) is 12.3. The van der Waals surface area contributed by atoms with Crippen molar-refractivity contribution in [2.45, 2.75) is 26.2 Å².